The largest absolute Gasteiger partial charge is 0.332 e. The van der Waals surface area contributed by atoms with Crippen molar-refractivity contribution in [2.24, 2.45) is 5.73 Å². The van der Waals surface area contributed by atoms with Crippen LogP contribution in [0.25, 0.3) is 0 Å². The predicted molar refractivity (Wildman–Crippen MR) is 50.1 cm³/mol. The Balaban J connectivity index is 2.27. The molecule has 76 valence electrons. The van der Waals surface area contributed by atoms with Gasteiger partial charge < -0.3 is 5.73 Å². The molecular formula is C9H10FNO2S. The van der Waals surface area contributed by atoms with Crippen molar-refractivity contribution < 1.29 is 12.3 Å². The van der Waals surface area contributed by atoms with Crippen molar-refractivity contribution in [1.29, 1.82) is 0 Å². The van der Waals surface area contributed by atoms with Crippen LogP contribution in [0.5, 0.6) is 0 Å². The Kier molecular flexibility index (Phi) is 2.08. The molecule has 1 aromatic carbocycles. The molecule has 2 N–H and O–H groups in total. The molecule has 14 heavy (non-hydrogen) atoms. The van der Waals surface area contributed by atoms with Crippen LogP contribution in [0.4, 0.5) is 3.89 Å². The van der Waals surface area contributed by atoms with Gasteiger partial charge in [-0.3, -0.25) is 0 Å². The Labute approximate surface area is 81.9 Å². The Morgan fingerprint density at radius 2 is 1.79 bits per heavy atom. The van der Waals surface area contributed by atoms with Crippen molar-refractivity contribution >= 4 is 10.2 Å². The fourth-order valence-corrected chi connectivity index (χ4v) is 1.94. The first-order chi connectivity index (χ1) is 6.48. The molecule has 1 aromatic rings. The lowest BCUT2D eigenvalue weighted by molar-refractivity contribution is 0.552. The van der Waals surface area contributed by atoms with Crippen LogP contribution in [0.3, 0.4) is 0 Å². The highest BCUT2D eigenvalue weighted by molar-refractivity contribution is 7.86. The average Bonchev–Trinajstić information content (AvgIpc) is 2.81. The van der Waals surface area contributed by atoms with E-state index in [1.807, 2.05) is 0 Å². The number of benzene rings is 1. The van der Waals surface area contributed by atoms with Gasteiger partial charge in [-0.1, -0.05) is 12.1 Å². The minimum absolute atomic E-state index is 0.169. The standard InChI is InChI=1S/C9H10FNO2S/c10-14(12,13)7-3-1-6(2-4-7)8-5-9(8)11/h1-4,8-9H,5,11H2/t8-,9+/m0/s1. The Hall–Kier alpha value is -0.940. The van der Waals surface area contributed by atoms with Gasteiger partial charge >= 0.3 is 10.2 Å². The molecule has 2 rings (SSSR count). The smallest absolute Gasteiger partial charge is 0.327 e. The maximum Gasteiger partial charge on any atom is 0.332 e. The molecule has 1 saturated carbocycles. The third-order valence-corrected chi connectivity index (χ3v) is 3.26. The second-order valence-electron chi connectivity index (χ2n) is 3.51. The van der Waals surface area contributed by atoms with E-state index in [9.17, 15) is 12.3 Å². The van der Waals surface area contributed by atoms with Crippen LogP contribution in [-0.2, 0) is 10.2 Å². The van der Waals surface area contributed by atoms with E-state index in [4.69, 9.17) is 5.73 Å². The molecule has 0 unspecified atom stereocenters. The number of hydrogen-bond donors (Lipinski definition) is 1. The van der Waals surface area contributed by atoms with E-state index in [1.165, 1.54) is 12.1 Å². The summed E-state index contributed by atoms with van der Waals surface area (Å²) in [4.78, 5) is -0.296. The van der Waals surface area contributed by atoms with Crippen LogP contribution in [0.1, 0.15) is 17.9 Å². The molecule has 0 bridgehead atoms. The summed E-state index contributed by atoms with van der Waals surface area (Å²) in [5.41, 5.74) is 6.61. The zero-order chi connectivity index (χ0) is 10.3. The summed E-state index contributed by atoms with van der Waals surface area (Å²) in [5.74, 6) is 0.311. The highest BCUT2D eigenvalue weighted by atomic mass is 32.3. The number of hydrogen-bond acceptors (Lipinski definition) is 3. The van der Waals surface area contributed by atoms with Crippen LogP contribution in [0, 0.1) is 0 Å². The van der Waals surface area contributed by atoms with E-state index in [0.717, 1.165) is 12.0 Å². The molecule has 1 fully saturated rings. The quantitative estimate of drug-likeness (QED) is 0.753. The minimum Gasteiger partial charge on any atom is -0.327 e. The van der Waals surface area contributed by atoms with Gasteiger partial charge in [0.1, 0.15) is 0 Å². The predicted octanol–water partition coefficient (Wildman–Crippen LogP) is 1.16. The molecule has 1 aliphatic carbocycles. The van der Waals surface area contributed by atoms with Crippen LogP contribution in [-0.4, -0.2) is 14.5 Å². The molecule has 0 spiro atoms. The first-order valence-corrected chi connectivity index (χ1v) is 5.67. The Morgan fingerprint density at radius 3 is 2.14 bits per heavy atom. The van der Waals surface area contributed by atoms with E-state index in [0.29, 0.717) is 5.92 Å². The molecule has 0 amide bonds. The summed E-state index contributed by atoms with van der Waals surface area (Å²) in [6.45, 7) is 0. The molecule has 0 aliphatic heterocycles. The van der Waals surface area contributed by atoms with E-state index < -0.39 is 10.2 Å². The van der Waals surface area contributed by atoms with Gasteiger partial charge in [0, 0.05) is 12.0 Å². The molecular weight excluding hydrogens is 205 g/mol. The first kappa shape index (κ1) is 9.61. The number of nitrogens with two attached hydrogens (primary N) is 1. The average molecular weight is 215 g/mol. The van der Waals surface area contributed by atoms with Gasteiger partial charge in [-0.25, -0.2) is 0 Å². The van der Waals surface area contributed by atoms with Crippen molar-refractivity contribution in [3.63, 3.8) is 0 Å². The minimum atomic E-state index is -4.57. The van der Waals surface area contributed by atoms with Gasteiger partial charge in [0.25, 0.3) is 0 Å². The summed E-state index contributed by atoms with van der Waals surface area (Å²) in [6.07, 6.45) is 0.918. The Bertz CT molecular complexity index is 440. The number of rotatable bonds is 2. The van der Waals surface area contributed by atoms with Gasteiger partial charge in [0.05, 0.1) is 4.90 Å². The summed E-state index contributed by atoms with van der Waals surface area (Å²) in [7, 11) is -4.57. The third-order valence-electron chi connectivity index (χ3n) is 2.43. The maximum atomic E-state index is 12.5. The molecule has 0 saturated heterocycles. The molecule has 0 radical (unpaired) electrons. The van der Waals surface area contributed by atoms with Crippen molar-refractivity contribution in [2.75, 3.05) is 0 Å². The van der Waals surface area contributed by atoms with Crippen molar-refractivity contribution in [3.05, 3.63) is 29.8 Å². The number of halogens is 1. The van der Waals surface area contributed by atoms with Crippen molar-refractivity contribution in [3.8, 4) is 0 Å². The monoisotopic (exact) mass is 215 g/mol. The van der Waals surface area contributed by atoms with Crippen LogP contribution in [0.2, 0.25) is 0 Å². The summed E-state index contributed by atoms with van der Waals surface area (Å²) < 4.78 is 33.5. The van der Waals surface area contributed by atoms with Crippen molar-refractivity contribution in [2.45, 2.75) is 23.3 Å². The Morgan fingerprint density at radius 1 is 1.29 bits per heavy atom. The van der Waals surface area contributed by atoms with E-state index in [-0.39, 0.29) is 10.9 Å². The lowest BCUT2D eigenvalue weighted by Crippen LogP contribution is -2.01. The van der Waals surface area contributed by atoms with Crippen LogP contribution in [0.15, 0.2) is 29.2 Å². The fraction of sp³-hybridized carbons (Fsp3) is 0.333. The molecule has 0 heterocycles. The molecule has 2 atom stereocenters. The van der Waals surface area contributed by atoms with Gasteiger partial charge in [0.15, 0.2) is 0 Å². The van der Waals surface area contributed by atoms with Gasteiger partial charge in [-0.2, -0.15) is 8.42 Å². The first-order valence-electron chi connectivity index (χ1n) is 4.28. The van der Waals surface area contributed by atoms with Gasteiger partial charge in [0.2, 0.25) is 0 Å². The topological polar surface area (TPSA) is 60.2 Å². The zero-order valence-electron chi connectivity index (χ0n) is 7.35. The highest BCUT2D eigenvalue weighted by Gasteiger charge is 2.34. The lowest BCUT2D eigenvalue weighted by Gasteiger charge is -1.99. The zero-order valence-corrected chi connectivity index (χ0v) is 8.17. The molecule has 3 nitrogen and oxygen atoms in total. The third kappa shape index (κ3) is 1.78. The molecule has 1 aliphatic rings. The van der Waals surface area contributed by atoms with Crippen LogP contribution >= 0.6 is 0 Å². The summed E-state index contributed by atoms with van der Waals surface area (Å²) >= 11 is 0. The van der Waals surface area contributed by atoms with E-state index in [1.54, 1.807) is 12.1 Å². The maximum absolute atomic E-state index is 12.5. The van der Waals surface area contributed by atoms with E-state index >= 15 is 0 Å². The second kappa shape index (κ2) is 3.03. The van der Waals surface area contributed by atoms with Gasteiger partial charge in [-0.15, -0.1) is 3.89 Å². The SMILES string of the molecule is N[C@@H]1C[C@H]1c1ccc(S(=O)(=O)F)cc1. The summed E-state index contributed by atoms with van der Waals surface area (Å²) in [6, 6.07) is 5.95. The normalized spacial score (nSPS) is 26.1. The lowest BCUT2D eigenvalue weighted by atomic mass is 10.1. The van der Waals surface area contributed by atoms with E-state index in [2.05, 4.69) is 0 Å². The van der Waals surface area contributed by atoms with Crippen LogP contribution < -0.4 is 5.73 Å². The molecule has 0 aromatic heterocycles. The fourth-order valence-electron chi connectivity index (χ4n) is 1.48. The van der Waals surface area contributed by atoms with Crippen molar-refractivity contribution in [1.82, 2.24) is 0 Å². The van der Waals surface area contributed by atoms with Gasteiger partial charge in [-0.05, 0) is 24.1 Å². The second-order valence-corrected chi connectivity index (χ2v) is 4.86. The molecule has 5 heteroatoms. The highest BCUT2D eigenvalue weighted by Crippen LogP contribution is 2.39. The summed E-state index contributed by atoms with van der Waals surface area (Å²) in [5, 5.41) is 0.